The first-order chi connectivity index (χ1) is 13.6. The third-order valence-electron chi connectivity index (χ3n) is 4.02. The molecule has 0 aliphatic rings. The molecule has 0 saturated heterocycles. The molecule has 0 radical (unpaired) electrons. The van der Waals surface area contributed by atoms with Gasteiger partial charge in [-0.1, -0.05) is 23.5 Å². The number of methoxy groups -OCH3 is 3. The zero-order chi connectivity index (χ0) is 19.7. The van der Waals surface area contributed by atoms with Crippen molar-refractivity contribution in [2.75, 3.05) is 32.4 Å². The van der Waals surface area contributed by atoms with E-state index in [-0.39, 0.29) is 5.95 Å². The van der Waals surface area contributed by atoms with E-state index in [9.17, 15) is 0 Å². The van der Waals surface area contributed by atoms with Crippen molar-refractivity contribution < 1.29 is 14.2 Å². The lowest BCUT2D eigenvalue weighted by molar-refractivity contribution is 0.324. The molecule has 0 saturated carbocycles. The highest BCUT2D eigenvalue weighted by Crippen LogP contribution is 2.40. The van der Waals surface area contributed by atoms with Crippen LogP contribution in [0, 0.1) is 0 Å². The van der Waals surface area contributed by atoms with Gasteiger partial charge in [0.15, 0.2) is 11.5 Å². The van der Waals surface area contributed by atoms with Crippen LogP contribution < -0.4 is 25.3 Å². The number of benzene rings is 2. The van der Waals surface area contributed by atoms with Crippen molar-refractivity contribution >= 4 is 39.1 Å². The molecule has 2 aromatic heterocycles. The number of nitrogens with zero attached hydrogens (tertiary/aromatic N) is 4. The van der Waals surface area contributed by atoms with Crippen LogP contribution in [0.1, 0.15) is 0 Å². The molecule has 4 aromatic rings. The second-order valence-electron chi connectivity index (χ2n) is 5.71. The van der Waals surface area contributed by atoms with Crippen molar-refractivity contribution in [3.63, 3.8) is 0 Å². The summed E-state index contributed by atoms with van der Waals surface area (Å²) < 4.78 is 18.6. The fraction of sp³-hybridized carbons (Fsp3) is 0.167. The maximum atomic E-state index is 6.05. The highest BCUT2D eigenvalue weighted by Gasteiger charge is 2.16. The zero-order valence-corrected chi connectivity index (χ0v) is 16.3. The Hall–Kier alpha value is -3.53. The van der Waals surface area contributed by atoms with E-state index in [1.807, 2.05) is 24.3 Å². The molecule has 0 unspecified atom stereocenters. The lowest BCUT2D eigenvalue weighted by Crippen LogP contribution is -2.02. The van der Waals surface area contributed by atoms with Crippen LogP contribution in [0.5, 0.6) is 17.2 Å². The van der Waals surface area contributed by atoms with Crippen LogP contribution in [0.25, 0.3) is 15.3 Å². The molecule has 4 rings (SSSR count). The second-order valence-corrected chi connectivity index (χ2v) is 6.72. The van der Waals surface area contributed by atoms with E-state index in [0.29, 0.717) is 34.0 Å². The SMILES string of the molecule is COc1cc(Nc2nc(N)n(-c3nc4ccccc4s3)n2)cc(OC)c1OC. The maximum absolute atomic E-state index is 6.05. The molecule has 0 amide bonds. The van der Waals surface area contributed by atoms with Gasteiger partial charge in [-0.2, -0.15) is 9.67 Å². The minimum atomic E-state index is 0.231. The van der Waals surface area contributed by atoms with E-state index in [1.165, 1.54) is 16.0 Å². The standard InChI is InChI=1S/C18H18N6O3S/c1-25-12-8-10(9-13(26-2)15(12)27-3)20-17-22-16(19)24(23-17)18-21-11-6-4-5-7-14(11)28-18/h4-9H,1-3H3,(H3,19,20,22,23). The Morgan fingerprint density at radius 3 is 2.36 bits per heavy atom. The Morgan fingerprint density at radius 2 is 1.71 bits per heavy atom. The van der Waals surface area contributed by atoms with Crippen LogP contribution in [0.15, 0.2) is 36.4 Å². The fourth-order valence-electron chi connectivity index (χ4n) is 2.75. The molecule has 2 heterocycles. The van der Waals surface area contributed by atoms with Crippen LogP contribution >= 0.6 is 11.3 Å². The Labute approximate surface area is 164 Å². The van der Waals surface area contributed by atoms with Crippen molar-refractivity contribution in [2.24, 2.45) is 0 Å². The van der Waals surface area contributed by atoms with Crippen LogP contribution in [-0.2, 0) is 0 Å². The van der Waals surface area contributed by atoms with Gasteiger partial charge in [0.1, 0.15) is 0 Å². The van der Waals surface area contributed by atoms with Gasteiger partial charge >= 0.3 is 0 Å². The predicted molar refractivity (Wildman–Crippen MR) is 108 cm³/mol. The van der Waals surface area contributed by atoms with Crippen molar-refractivity contribution in [1.29, 1.82) is 0 Å². The first-order valence-corrected chi connectivity index (χ1v) is 9.10. The third kappa shape index (κ3) is 3.14. The first kappa shape index (κ1) is 17.9. The fourth-order valence-corrected chi connectivity index (χ4v) is 3.68. The van der Waals surface area contributed by atoms with E-state index in [4.69, 9.17) is 19.9 Å². The Morgan fingerprint density at radius 1 is 1.00 bits per heavy atom. The van der Waals surface area contributed by atoms with Gasteiger partial charge in [-0.05, 0) is 12.1 Å². The molecule has 10 heteroatoms. The predicted octanol–water partition coefficient (Wildman–Crippen LogP) is 3.23. The number of para-hydroxylation sites is 1. The van der Waals surface area contributed by atoms with Crippen molar-refractivity contribution in [3.8, 4) is 22.4 Å². The van der Waals surface area contributed by atoms with Gasteiger partial charge in [0.2, 0.25) is 22.8 Å². The summed E-state index contributed by atoms with van der Waals surface area (Å²) in [4.78, 5) is 8.83. The van der Waals surface area contributed by atoms with Crippen LogP contribution in [0.2, 0.25) is 0 Å². The minimum absolute atomic E-state index is 0.231. The number of nitrogen functional groups attached to an aromatic ring is 1. The van der Waals surface area contributed by atoms with Gasteiger partial charge in [-0.3, -0.25) is 0 Å². The van der Waals surface area contributed by atoms with Crippen molar-refractivity contribution in [3.05, 3.63) is 36.4 Å². The molecule has 0 aliphatic carbocycles. The van der Waals surface area contributed by atoms with Crippen molar-refractivity contribution in [2.45, 2.75) is 0 Å². The molecule has 0 fully saturated rings. The summed E-state index contributed by atoms with van der Waals surface area (Å²) >= 11 is 1.49. The molecule has 0 spiro atoms. The molecule has 0 bridgehead atoms. The Balaban J connectivity index is 1.67. The summed E-state index contributed by atoms with van der Waals surface area (Å²) in [5, 5.41) is 8.18. The Bertz CT molecular complexity index is 1080. The molecular formula is C18H18N6O3S. The van der Waals surface area contributed by atoms with E-state index in [2.05, 4.69) is 20.4 Å². The number of thiazole rings is 1. The average Bonchev–Trinajstić information content (AvgIpc) is 3.29. The largest absolute Gasteiger partial charge is 0.493 e. The zero-order valence-electron chi connectivity index (χ0n) is 15.5. The maximum Gasteiger partial charge on any atom is 0.248 e. The molecule has 2 aromatic carbocycles. The summed E-state index contributed by atoms with van der Waals surface area (Å²) in [6.07, 6.45) is 0. The number of rotatable bonds is 6. The summed E-state index contributed by atoms with van der Waals surface area (Å²) in [6.45, 7) is 0. The first-order valence-electron chi connectivity index (χ1n) is 8.28. The molecule has 9 nitrogen and oxygen atoms in total. The number of anilines is 3. The number of aromatic nitrogens is 4. The lowest BCUT2D eigenvalue weighted by Gasteiger charge is -2.14. The summed E-state index contributed by atoms with van der Waals surface area (Å²) in [5.41, 5.74) is 7.60. The highest BCUT2D eigenvalue weighted by molar-refractivity contribution is 7.20. The smallest absolute Gasteiger partial charge is 0.248 e. The van der Waals surface area contributed by atoms with E-state index in [1.54, 1.807) is 33.5 Å². The van der Waals surface area contributed by atoms with Crippen LogP contribution in [0.4, 0.5) is 17.6 Å². The number of nitrogens with two attached hydrogens (primary N) is 1. The lowest BCUT2D eigenvalue weighted by atomic mass is 10.2. The van der Waals surface area contributed by atoms with Gasteiger partial charge < -0.3 is 25.3 Å². The molecule has 0 aliphatic heterocycles. The van der Waals surface area contributed by atoms with Crippen molar-refractivity contribution in [1.82, 2.24) is 19.7 Å². The number of hydrogen-bond donors (Lipinski definition) is 2. The topological polar surface area (TPSA) is 109 Å². The van der Waals surface area contributed by atoms with Gasteiger partial charge in [0.25, 0.3) is 0 Å². The van der Waals surface area contributed by atoms with Gasteiger partial charge in [0, 0.05) is 17.8 Å². The van der Waals surface area contributed by atoms with Crippen LogP contribution in [-0.4, -0.2) is 41.1 Å². The number of nitrogens with one attached hydrogen (secondary N) is 1. The van der Waals surface area contributed by atoms with E-state index in [0.717, 1.165) is 10.2 Å². The monoisotopic (exact) mass is 398 g/mol. The van der Waals surface area contributed by atoms with Gasteiger partial charge in [-0.25, -0.2) is 4.98 Å². The quantitative estimate of drug-likeness (QED) is 0.509. The summed E-state index contributed by atoms with van der Waals surface area (Å²) in [7, 11) is 4.66. The number of hydrogen-bond acceptors (Lipinski definition) is 9. The molecule has 28 heavy (non-hydrogen) atoms. The highest BCUT2D eigenvalue weighted by atomic mass is 32.1. The second kappa shape index (κ2) is 7.24. The number of fused-ring (bicyclic) bond motifs is 1. The minimum Gasteiger partial charge on any atom is -0.493 e. The van der Waals surface area contributed by atoms with Gasteiger partial charge in [0.05, 0.1) is 31.5 Å². The molecule has 3 N–H and O–H groups in total. The van der Waals surface area contributed by atoms with Gasteiger partial charge in [-0.15, -0.1) is 5.10 Å². The molecular weight excluding hydrogens is 380 g/mol. The van der Waals surface area contributed by atoms with Crippen LogP contribution in [0.3, 0.4) is 0 Å². The molecule has 144 valence electrons. The van der Waals surface area contributed by atoms with E-state index < -0.39 is 0 Å². The Kier molecular flexibility index (Phi) is 4.62. The number of ether oxygens (including phenoxy) is 3. The van der Waals surface area contributed by atoms with E-state index >= 15 is 0 Å². The molecule has 0 atom stereocenters. The summed E-state index contributed by atoms with van der Waals surface area (Å²) in [5.74, 6) is 2.09. The third-order valence-corrected chi connectivity index (χ3v) is 5.03. The summed E-state index contributed by atoms with van der Waals surface area (Å²) in [6, 6.07) is 11.4. The average molecular weight is 398 g/mol. The normalized spacial score (nSPS) is 10.8.